The van der Waals surface area contributed by atoms with Crippen molar-refractivity contribution in [2.24, 2.45) is 0 Å². The van der Waals surface area contributed by atoms with Gasteiger partial charge in [0.25, 0.3) is 0 Å². The summed E-state index contributed by atoms with van der Waals surface area (Å²) in [6.07, 6.45) is 5.88. The minimum Gasteiger partial charge on any atom is -0.378 e. The van der Waals surface area contributed by atoms with E-state index in [2.05, 4.69) is 34.9 Å². The summed E-state index contributed by atoms with van der Waals surface area (Å²) in [6.45, 7) is 4.22. The van der Waals surface area contributed by atoms with Gasteiger partial charge >= 0.3 is 0 Å². The third-order valence-electron chi connectivity index (χ3n) is 7.00. The third-order valence-corrected chi connectivity index (χ3v) is 7.58. The second kappa shape index (κ2) is 11.5. The number of benzene rings is 1. The average molecular weight is 604 g/mol. The molecule has 0 aliphatic carbocycles. The quantitative estimate of drug-likeness (QED) is 0.255. The topological polar surface area (TPSA) is 122 Å². The fourth-order valence-electron chi connectivity index (χ4n) is 5.00. The number of nitrogens with zero attached hydrogens (tertiary/aromatic N) is 5. The molecule has 13 heteroatoms. The van der Waals surface area contributed by atoms with Crippen molar-refractivity contribution in [1.29, 1.82) is 0 Å². The van der Waals surface area contributed by atoms with Crippen LogP contribution in [0.15, 0.2) is 67.1 Å². The third kappa shape index (κ3) is 6.08. The van der Waals surface area contributed by atoms with Crippen molar-refractivity contribution in [1.82, 2.24) is 19.9 Å². The Morgan fingerprint density at radius 1 is 0.977 bits per heavy atom. The molecule has 6 rings (SSSR count). The van der Waals surface area contributed by atoms with Gasteiger partial charge in [0.2, 0.25) is 10.0 Å². The van der Waals surface area contributed by atoms with Gasteiger partial charge in [0.15, 0.2) is 0 Å². The molecule has 0 amide bonds. The van der Waals surface area contributed by atoms with E-state index in [0.717, 1.165) is 12.3 Å². The van der Waals surface area contributed by atoms with Crippen LogP contribution in [0.4, 0.5) is 31.8 Å². The first-order chi connectivity index (χ1) is 20.7. The van der Waals surface area contributed by atoms with E-state index in [1.807, 2.05) is 12.1 Å². The molecular weight excluding hydrogens is 576 g/mol. The van der Waals surface area contributed by atoms with Crippen LogP contribution in [0.2, 0.25) is 0 Å². The Bertz CT molecular complexity index is 1920. The van der Waals surface area contributed by atoms with Crippen molar-refractivity contribution in [2.45, 2.75) is 6.92 Å². The van der Waals surface area contributed by atoms with Gasteiger partial charge in [0.05, 0.1) is 53.1 Å². The van der Waals surface area contributed by atoms with Gasteiger partial charge in [-0.1, -0.05) is 6.07 Å². The molecule has 1 fully saturated rings. The molecule has 4 aromatic heterocycles. The maximum Gasteiger partial charge on any atom is 0.230 e. The van der Waals surface area contributed by atoms with E-state index < -0.39 is 21.7 Å². The van der Waals surface area contributed by atoms with E-state index in [0.29, 0.717) is 71.6 Å². The van der Waals surface area contributed by atoms with E-state index >= 15 is 4.39 Å². The lowest BCUT2D eigenvalue weighted by molar-refractivity contribution is 0.122. The van der Waals surface area contributed by atoms with Crippen LogP contribution in [0.5, 0.6) is 0 Å². The van der Waals surface area contributed by atoms with E-state index in [1.54, 1.807) is 43.6 Å². The van der Waals surface area contributed by atoms with Crippen LogP contribution in [-0.4, -0.2) is 60.9 Å². The average Bonchev–Trinajstić information content (AvgIpc) is 2.99. The van der Waals surface area contributed by atoms with Crippen molar-refractivity contribution >= 4 is 43.9 Å². The van der Waals surface area contributed by atoms with Gasteiger partial charge in [0, 0.05) is 66.6 Å². The van der Waals surface area contributed by atoms with Gasteiger partial charge in [-0.15, -0.1) is 0 Å². The van der Waals surface area contributed by atoms with Crippen LogP contribution < -0.4 is 14.9 Å². The molecule has 1 saturated heterocycles. The molecule has 0 saturated carbocycles. The fourth-order valence-corrected chi connectivity index (χ4v) is 5.50. The molecule has 0 radical (unpaired) electrons. The molecule has 220 valence electrons. The van der Waals surface area contributed by atoms with Gasteiger partial charge in [-0.2, -0.15) is 0 Å². The zero-order valence-electron chi connectivity index (χ0n) is 23.3. The molecular formula is C30H27F2N7O3S. The second-order valence-corrected chi connectivity index (χ2v) is 11.8. The largest absolute Gasteiger partial charge is 0.378 e. The Morgan fingerprint density at radius 2 is 1.79 bits per heavy atom. The van der Waals surface area contributed by atoms with Crippen molar-refractivity contribution in [3.05, 3.63) is 84.3 Å². The highest BCUT2D eigenvalue weighted by Gasteiger charge is 2.21. The number of fused-ring (bicyclic) bond motifs is 1. The number of pyridine rings is 4. The number of hydrogen-bond donors (Lipinski definition) is 2. The summed E-state index contributed by atoms with van der Waals surface area (Å²) in [4.78, 5) is 20.0. The number of sulfonamides is 1. The van der Waals surface area contributed by atoms with Crippen molar-refractivity contribution in [3.8, 4) is 22.5 Å². The lowest BCUT2D eigenvalue weighted by atomic mass is 10.0. The predicted octanol–water partition coefficient (Wildman–Crippen LogP) is 5.29. The summed E-state index contributed by atoms with van der Waals surface area (Å²) in [5.41, 5.74) is 4.00. The SMILES string of the molecule is Cc1c(-c2ccccn2)nc2cc(F)cc(F)c2c1Nc1cc(N2CCOCC2)ncc1-c1ccc(NS(C)(=O)=O)nc1. The Labute approximate surface area is 246 Å². The highest BCUT2D eigenvalue weighted by molar-refractivity contribution is 7.92. The van der Waals surface area contributed by atoms with Crippen LogP contribution >= 0.6 is 0 Å². The van der Waals surface area contributed by atoms with E-state index in [4.69, 9.17) is 4.74 Å². The van der Waals surface area contributed by atoms with E-state index in [1.165, 1.54) is 12.3 Å². The molecule has 1 aliphatic heterocycles. The molecule has 5 heterocycles. The fraction of sp³-hybridized carbons (Fsp3) is 0.200. The molecule has 43 heavy (non-hydrogen) atoms. The van der Waals surface area contributed by atoms with E-state index in [9.17, 15) is 12.8 Å². The highest BCUT2D eigenvalue weighted by atomic mass is 32.2. The molecule has 1 aromatic carbocycles. The minimum absolute atomic E-state index is 0.125. The number of ether oxygens (including phenoxy) is 1. The lowest BCUT2D eigenvalue weighted by Gasteiger charge is -2.28. The zero-order chi connectivity index (χ0) is 30.1. The number of halogens is 2. The maximum absolute atomic E-state index is 15.5. The second-order valence-electron chi connectivity index (χ2n) is 10.1. The number of morpholine rings is 1. The number of anilines is 4. The Morgan fingerprint density at radius 3 is 2.49 bits per heavy atom. The molecule has 0 spiro atoms. The number of nitrogens with one attached hydrogen (secondary N) is 2. The van der Waals surface area contributed by atoms with Crippen LogP contribution in [-0.2, 0) is 14.8 Å². The van der Waals surface area contributed by atoms with Crippen LogP contribution in [0.25, 0.3) is 33.4 Å². The van der Waals surface area contributed by atoms with Crippen LogP contribution in [0, 0.1) is 18.6 Å². The first-order valence-corrected chi connectivity index (χ1v) is 15.3. The normalized spacial score (nSPS) is 13.7. The standard InChI is InChI=1S/C30H27F2N7O3S/c1-18-29(23-5-3-4-8-33-23)37-25-14-20(31)13-22(32)28(25)30(18)36-24-15-27(39-9-11-42-12-10-39)35-17-21(24)19-6-7-26(34-16-19)38-43(2,40)41/h3-8,13-17H,9-12H2,1-2H3,(H,34,38)(H,35,36,37). The van der Waals surface area contributed by atoms with Gasteiger partial charge in [0.1, 0.15) is 23.3 Å². The first-order valence-electron chi connectivity index (χ1n) is 13.4. The summed E-state index contributed by atoms with van der Waals surface area (Å²) >= 11 is 0. The Hall–Kier alpha value is -4.75. The molecule has 5 aromatic rings. The molecule has 0 unspecified atom stereocenters. The summed E-state index contributed by atoms with van der Waals surface area (Å²) in [6, 6.07) is 12.5. The van der Waals surface area contributed by atoms with Crippen LogP contribution in [0.1, 0.15) is 5.56 Å². The van der Waals surface area contributed by atoms with E-state index in [-0.39, 0.29) is 16.7 Å². The monoisotopic (exact) mass is 603 g/mol. The molecule has 0 bridgehead atoms. The van der Waals surface area contributed by atoms with Gasteiger partial charge in [-0.05, 0) is 31.2 Å². The van der Waals surface area contributed by atoms with Gasteiger partial charge in [-0.3, -0.25) is 9.71 Å². The summed E-state index contributed by atoms with van der Waals surface area (Å²) in [7, 11) is -3.51. The molecule has 0 atom stereocenters. The molecule has 1 aliphatic rings. The first kappa shape index (κ1) is 28.4. The Balaban J connectivity index is 1.52. The van der Waals surface area contributed by atoms with Crippen molar-refractivity contribution in [2.75, 3.05) is 47.5 Å². The smallest absolute Gasteiger partial charge is 0.230 e. The minimum atomic E-state index is -3.51. The molecule has 10 nitrogen and oxygen atoms in total. The number of hydrogen-bond acceptors (Lipinski definition) is 9. The van der Waals surface area contributed by atoms with Gasteiger partial charge < -0.3 is 15.0 Å². The number of rotatable bonds is 7. The summed E-state index contributed by atoms with van der Waals surface area (Å²) in [5.74, 6) is -0.654. The van der Waals surface area contributed by atoms with Gasteiger partial charge in [-0.25, -0.2) is 32.2 Å². The Kier molecular flexibility index (Phi) is 7.59. The lowest BCUT2D eigenvalue weighted by Crippen LogP contribution is -2.36. The highest BCUT2D eigenvalue weighted by Crippen LogP contribution is 2.39. The van der Waals surface area contributed by atoms with Crippen molar-refractivity contribution in [3.63, 3.8) is 0 Å². The summed E-state index contributed by atoms with van der Waals surface area (Å²) < 4.78 is 61.0. The molecule has 2 N–H and O–H groups in total. The zero-order valence-corrected chi connectivity index (χ0v) is 24.1. The maximum atomic E-state index is 15.5. The number of aromatic nitrogens is 4. The van der Waals surface area contributed by atoms with Crippen molar-refractivity contribution < 1.29 is 21.9 Å². The van der Waals surface area contributed by atoms with Crippen LogP contribution in [0.3, 0.4) is 0 Å². The summed E-state index contributed by atoms with van der Waals surface area (Å²) in [5, 5.41) is 3.54. The predicted molar refractivity (Wildman–Crippen MR) is 162 cm³/mol.